The zero-order valence-electron chi connectivity index (χ0n) is 60.8. The minimum atomic E-state index is -1.04. The minimum absolute atomic E-state index is 0.0188. The lowest BCUT2D eigenvalue weighted by molar-refractivity contribution is -0.130. The fraction of sp³-hybridized carbons (Fsp3) is 0.614. The van der Waals surface area contributed by atoms with Gasteiger partial charge in [-0.1, -0.05) is 30.4 Å². The molecule has 0 aromatic heterocycles. The largest absolute Gasteiger partial charge is 0.380 e. The van der Waals surface area contributed by atoms with Crippen LogP contribution in [0.5, 0.6) is 0 Å². The van der Waals surface area contributed by atoms with Crippen molar-refractivity contribution in [1.82, 2.24) is 85.1 Å². The average molecular weight is 1360 g/mol. The summed E-state index contributed by atoms with van der Waals surface area (Å²) in [6.07, 6.45) is 20.6. The Balaban J connectivity index is -0.000000364. The van der Waals surface area contributed by atoms with Gasteiger partial charge in [-0.25, -0.2) is 0 Å². The van der Waals surface area contributed by atoms with Crippen LogP contribution in [0.15, 0.2) is 61.4 Å². The summed E-state index contributed by atoms with van der Waals surface area (Å²) in [5, 5.41) is 44.3. The fourth-order valence-corrected chi connectivity index (χ4v) is 7.83. The molecule has 0 aliphatic rings. The van der Waals surface area contributed by atoms with Crippen LogP contribution < -0.4 is 114 Å². The number of rotatable bonds is 45. The second-order valence-corrected chi connectivity index (χ2v) is 21.1. The van der Waals surface area contributed by atoms with E-state index in [1.54, 1.807) is 146 Å². The van der Waals surface area contributed by atoms with Crippen LogP contribution in [0.4, 0.5) is 0 Å². The van der Waals surface area contributed by atoms with Crippen LogP contribution in [0.2, 0.25) is 7.06 Å². The maximum absolute atomic E-state index is 12.1. The van der Waals surface area contributed by atoms with E-state index >= 15 is 0 Å². The molecular formula is C57H111N21O12S2. The minimum Gasteiger partial charge on any atom is -0.380 e. The Morgan fingerprint density at radius 3 is 0.804 bits per heavy atom. The van der Waals surface area contributed by atoms with E-state index in [0.717, 1.165) is 0 Å². The van der Waals surface area contributed by atoms with Crippen molar-refractivity contribution >= 4 is 94.2 Å². The monoisotopic (exact) mass is 1360 g/mol. The molecule has 0 radical (unpaired) electrons. The van der Waals surface area contributed by atoms with Gasteiger partial charge in [-0.05, 0) is 134 Å². The van der Waals surface area contributed by atoms with E-state index in [9.17, 15) is 57.5 Å². The number of nitrogens with one attached hydrogen (secondary N) is 16. The van der Waals surface area contributed by atoms with Crippen molar-refractivity contribution in [3.8, 4) is 0 Å². The second kappa shape index (κ2) is 60.7. The number of nitrogens with two attached hydrogens (primary N) is 5. The molecule has 10 amide bonds. The molecule has 0 saturated carbocycles. The van der Waals surface area contributed by atoms with E-state index in [1.807, 2.05) is 33.3 Å². The first kappa shape index (κ1) is 82.2. The molecule has 0 aliphatic heterocycles. The van der Waals surface area contributed by atoms with Gasteiger partial charge in [-0.3, -0.25) is 57.5 Å². The molecule has 92 heavy (non-hydrogen) atoms. The predicted octanol–water partition coefficient (Wildman–Crippen LogP) is -6.76. The first-order chi connectivity index (χ1) is 46.2. The number of hydrogen-bond acceptors (Lipinski definition) is 25. The topological polar surface area (TPSA) is 527 Å². The molecule has 33 nitrogen and oxygen atoms in total. The Bertz CT molecular complexity index is 2290. The van der Waals surface area contributed by atoms with Crippen LogP contribution in [-0.2, 0) is 57.5 Å². The van der Waals surface area contributed by atoms with Crippen LogP contribution in [0, 0.1) is 0 Å². The Morgan fingerprint density at radius 1 is 0.326 bits per heavy atom. The van der Waals surface area contributed by atoms with Crippen molar-refractivity contribution in [2.45, 2.75) is 122 Å². The number of primary amides is 5. The zero-order valence-corrected chi connectivity index (χ0v) is 57.5. The lowest BCUT2D eigenvalue weighted by atomic mass is 10.1. The van der Waals surface area contributed by atoms with Crippen molar-refractivity contribution in [2.75, 3.05) is 106 Å². The summed E-state index contributed by atoms with van der Waals surface area (Å²) in [6.45, 7) is 13.7. The summed E-state index contributed by atoms with van der Waals surface area (Å²) in [7, 11) is 10.1. The summed E-state index contributed by atoms with van der Waals surface area (Å²) < 4.78 is 34.2. The summed E-state index contributed by atoms with van der Waals surface area (Å²) in [4.78, 5) is 140. The van der Waals surface area contributed by atoms with Crippen LogP contribution in [0.25, 0.3) is 0 Å². The van der Waals surface area contributed by atoms with Gasteiger partial charge in [0.1, 0.15) is 72.0 Å². The van der Waals surface area contributed by atoms with Crippen LogP contribution in [-0.4, -0.2) is 237 Å². The smallest absolute Gasteiger partial charge is 0.244 e. The molecule has 0 unspecified atom stereocenters. The third kappa shape index (κ3) is 49.9. The summed E-state index contributed by atoms with van der Waals surface area (Å²) >= 11 is 2.96. The molecule has 0 saturated heterocycles. The molecule has 35 heteroatoms. The van der Waals surface area contributed by atoms with Gasteiger partial charge in [0.05, 0.1) is 0 Å². The van der Waals surface area contributed by atoms with Crippen LogP contribution >= 0.6 is 23.5 Å². The highest BCUT2D eigenvalue weighted by Crippen LogP contribution is 2.01. The molecule has 0 aromatic rings. The van der Waals surface area contributed by atoms with Gasteiger partial charge < -0.3 is 114 Å². The van der Waals surface area contributed by atoms with Gasteiger partial charge in [-0.2, -0.15) is 23.5 Å². The van der Waals surface area contributed by atoms with Gasteiger partial charge in [0.25, 0.3) is 0 Å². The third-order valence-electron chi connectivity index (χ3n) is 11.2. The highest BCUT2D eigenvalue weighted by atomic mass is 32.2. The molecule has 0 spiro atoms. The molecular weight excluding hydrogens is 1230 g/mol. The van der Waals surface area contributed by atoms with Crippen LogP contribution in [0.3, 0.4) is 0 Å². The number of carbonyl (C=O) groups is 12. The van der Waals surface area contributed by atoms with Gasteiger partial charge in [0.15, 0.2) is 7.06 Å². The number of carbonyl (C=O) groups excluding carboxylic acids is 12. The molecule has 0 fully saturated rings. The predicted molar refractivity (Wildman–Crippen MR) is 365 cm³/mol. The van der Waals surface area contributed by atoms with Gasteiger partial charge in [0, 0.05) is 63.6 Å². The van der Waals surface area contributed by atoms with Crippen molar-refractivity contribution < 1.29 is 64.6 Å². The van der Waals surface area contributed by atoms with E-state index in [1.165, 1.54) is 37.4 Å². The number of Topliss-reactive ketones (excluding diaryl/α,β-unsaturated/α-hetero) is 2. The van der Waals surface area contributed by atoms with E-state index in [4.69, 9.17) is 7.06 Å². The first-order valence-corrected chi connectivity index (χ1v) is 31.8. The van der Waals surface area contributed by atoms with E-state index in [0.29, 0.717) is 31.1 Å². The van der Waals surface area contributed by atoms with Crippen LogP contribution in [0.1, 0.15) is 61.3 Å². The average Bonchev–Trinajstić information content (AvgIpc) is 1.15. The van der Waals surface area contributed by atoms with Crippen molar-refractivity contribution in [1.29, 1.82) is 0 Å². The molecule has 0 heterocycles. The number of hydrogen-bond donors (Lipinski definition) is 21. The summed E-state index contributed by atoms with van der Waals surface area (Å²) in [6, 6.07) is -6.84. The SMILES string of the molecule is [3H]NC(=O)[C@H](CC(C)=O)NC(=O)[C@H](CNC)NC=CC.[3H]NC(=O)[C@H](CNC)NC(=O)[C@H](CC(C)=O)NC=CC.[3H]NC(=O)[C@H](CNC)NC(=O)[C@H](CNC)NC=CC.[3H]NC(=O)[C@H](CNC)NC(=O)[C@H](CSC)NC=CC.[3H]NC(=O)[C@H](CSC)NC(=O)[C@H](CNC)NC=CC. The normalized spacial score (nSPS) is 14.6. The molecule has 10 atom stereocenters. The number of thioether (sulfide) groups is 2. The number of allylic oxidation sites excluding steroid dienone is 5. The Kier molecular flexibility index (Phi) is 54.3. The number of amides is 10. The Labute approximate surface area is 559 Å². The Morgan fingerprint density at radius 2 is 0.533 bits per heavy atom. The van der Waals surface area contributed by atoms with Crippen molar-refractivity contribution in [3.05, 3.63) is 61.4 Å². The summed E-state index contributed by atoms with van der Waals surface area (Å²) in [5.74, 6) is -4.09. The van der Waals surface area contributed by atoms with Crippen molar-refractivity contribution in [2.24, 2.45) is 28.6 Å². The highest BCUT2D eigenvalue weighted by Gasteiger charge is 2.28. The standard InChI is InChI=1S/2C12H22N4O3.C11H23N5O2.2C11H22N4O2S/c1-4-5-15-9(6-8(2)17)12(19)16-10(7-14-3)11(13)18;1-4-5-15-10(7-14-3)12(19)16-9(11(13)18)6-8(2)17;1-4-5-15-9(7-14-3)11(18)16-8(6-13-2)10(12)17;1-4-5-14-8(6-13-2)11(17)15-9(7-18-3)10(12)16;1-4-5-14-9(7-18-3)11(17)15-8(6-13-2)10(12)16/h2*4-5,9-10,14-15H,6-7H2,1-3H3,(H2,13,18)(H,16,19);4-5,8-9,13-15H,6-7H2,1-3H3,(H2,12,17)(H,16,18);2*4-5,8-9,13-14H,6-7H2,1-3H3,(H2,12,16)(H,15,17)/t2*9-,10-;3*8-,9-/m00000/s1/i/hT5. The first-order valence-electron chi connectivity index (χ1n) is 31.5. The maximum Gasteiger partial charge on any atom is 0.244 e. The number of likely N-dealkylation sites (N-methyl/N-ethyl adjacent to an activating group) is 6. The molecule has 0 bridgehead atoms. The van der Waals surface area contributed by atoms with E-state index in [2.05, 4.69) is 85.1 Å². The molecule has 0 rings (SSSR count). The third-order valence-corrected chi connectivity index (χ3v) is 12.5. The molecule has 0 aliphatic carbocycles. The van der Waals surface area contributed by atoms with E-state index in [-0.39, 0.29) is 61.8 Å². The highest BCUT2D eigenvalue weighted by molar-refractivity contribution is 7.98. The summed E-state index contributed by atoms with van der Waals surface area (Å²) in [5.41, 5.74) is 8.78. The zero-order chi connectivity index (χ0) is 75.1. The quantitative estimate of drug-likeness (QED) is 0.0269. The van der Waals surface area contributed by atoms with Gasteiger partial charge in [0.2, 0.25) is 59.1 Å². The van der Waals surface area contributed by atoms with Gasteiger partial charge in [-0.15, -0.1) is 0 Å². The molecule has 26 N–H and O–H groups in total. The lowest BCUT2D eigenvalue weighted by Crippen LogP contribution is -2.56. The molecule has 528 valence electrons. The Hall–Kier alpha value is -7.80. The maximum atomic E-state index is 12.1. The number of ketones is 2. The van der Waals surface area contributed by atoms with E-state index < -0.39 is 102 Å². The molecule has 0 aromatic carbocycles. The lowest BCUT2D eigenvalue weighted by Gasteiger charge is -2.20. The second-order valence-electron chi connectivity index (χ2n) is 19.3. The fourth-order valence-electron chi connectivity index (χ4n) is 6.69. The van der Waals surface area contributed by atoms with Gasteiger partial charge >= 0.3 is 0 Å². The van der Waals surface area contributed by atoms with Crippen molar-refractivity contribution in [3.63, 3.8) is 0 Å².